The number of aliphatic hydroxyl groups is 1. The zero-order valence-electron chi connectivity index (χ0n) is 10.2. The predicted octanol–water partition coefficient (Wildman–Crippen LogP) is 3.29. The lowest BCUT2D eigenvalue weighted by molar-refractivity contribution is 0.0860. The second kappa shape index (κ2) is 5.85. The number of benzene rings is 1. The first kappa shape index (κ1) is 12.9. The van der Waals surface area contributed by atoms with E-state index in [2.05, 4.69) is 12.2 Å². The van der Waals surface area contributed by atoms with Crippen molar-refractivity contribution in [2.75, 3.05) is 0 Å². The second-order valence-corrected chi connectivity index (χ2v) is 5.28. The Balaban J connectivity index is 2.01. The van der Waals surface area contributed by atoms with Gasteiger partial charge in [0.1, 0.15) is 0 Å². The molecule has 1 aliphatic carbocycles. The molecule has 3 heteroatoms. The van der Waals surface area contributed by atoms with Crippen LogP contribution in [0, 0.1) is 0 Å². The zero-order chi connectivity index (χ0) is 12.3. The summed E-state index contributed by atoms with van der Waals surface area (Å²) < 4.78 is 0. The normalized spacial score (nSPS) is 26.8. The molecule has 0 aromatic heterocycles. The lowest BCUT2D eigenvalue weighted by Gasteiger charge is -2.31. The fraction of sp³-hybridized carbons (Fsp3) is 0.571. The Labute approximate surface area is 108 Å². The Bertz CT molecular complexity index is 369. The van der Waals surface area contributed by atoms with Crippen LogP contribution in [0.4, 0.5) is 0 Å². The minimum atomic E-state index is -0.214. The fourth-order valence-corrected chi connectivity index (χ4v) is 2.84. The Morgan fingerprint density at radius 2 is 2.00 bits per heavy atom. The molecule has 17 heavy (non-hydrogen) atoms. The smallest absolute Gasteiger partial charge is 0.0693 e. The van der Waals surface area contributed by atoms with Crippen LogP contribution < -0.4 is 5.32 Å². The molecule has 0 saturated heterocycles. The summed E-state index contributed by atoms with van der Waals surface area (Å²) in [7, 11) is 0. The number of halogens is 1. The zero-order valence-corrected chi connectivity index (χ0v) is 11.0. The van der Waals surface area contributed by atoms with Gasteiger partial charge in [0.25, 0.3) is 0 Å². The van der Waals surface area contributed by atoms with E-state index in [1.165, 1.54) is 6.42 Å². The minimum absolute atomic E-state index is 0.182. The van der Waals surface area contributed by atoms with E-state index in [-0.39, 0.29) is 18.2 Å². The molecule has 0 unspecified atom stereocenters. The summed E-state index contributed by atoms with van der Waals surface area (Å²) in [5.41, 5.74) is 1.10. The Morgan fingerprint density at radius 3 is 2.71 bits per heavy atom. The predicted molar refractivity (Wildman–Crippen MR) is 71.3 cm³/mol. The van der Waals surface area contributed by atoms with E-state index in [1.54, 1.807) is 0 Å². The largest absolute Gasteiger partial charge is 0.392 e. The highest BCUT2D eigenvalue weighted by molar-refractivity contribution is 6.31. The van der Waals surface area contributed by atoms with E-state index in [9.17, 15) is 5.11 Å². The summed E-state index contributed by atoms with van der Waals surface area (Å²) >= 11 is 6.17. The van der Waals surface area contributed by atoms with Crippen molar-refractivity contribution >= 4 is 11.6 Å². The van der Waals surface area contributed by atoms with Gasteiger partial charge in [-0.3, -0.25) is 0 Å². The van der Waals surface area contributed by atoms with Gasteiger partial charge in [-0.15, -0.1) is 0 Å². The molecule has 0 bridgehead atoms. The summed E-state index contributed by atoms with van der Waals surface area (Å²) in [6.07, 6.45) is 4.08. The molecule has 0 heterocycles. The summed E-state index contributed by atoms with van der Waals surface area (Å²) in [6.45, 7) is 2.10. The molecule has 0 radical (unpaired) electrons. The summed E-state index contributed by atoms with van der Waals surface area (Å²) in [6, 6.07) is 8.27. The quantitative estimate of drug-likeness (QED) is 0.867. The molecule has 94 valence electrons. The summed E-state index contributed by atoms with van der Waals surface area (Å²) in [4.78, 5) is 0. The van der Waals surface area contributed by atoms with Gasteiger partial charge in [0.05, 0.1) is 6.10 Å². The van der Waals surface area contributed by atoms with E-state index in [4.69, 9.17) is 11.6 Å². The first-order chi connectivity index (χ1) is 8.18. The van der Waals surface area contributed by atoms with Gasteiger partial charge in [-0.2, -0.15) is 0 Å². The molecular formula is C14H20ClNO. The molecule has 0 aliphatic heterocycles. The van der Waals surface area contributed by atoms with Crippen molar-refractivity contribution in [2.45, 2.75) is 50.8 Å². The molecule has 1 fully saturated rings. The van der Waals surface area contributed by atoms with E-state index in [1.807, 2.05) is 24.3 Å². The van der Waals surface area contributed by atoms with Crippen LogP contribution in [0.3, 0.4) is 0 Å². The first-order valence-electron chi connectivity index (χ1n) is 6.37. The molecule has 0 amide bonds. The van der Waals surface area contributed by atoms with Gasteiger partial charge in [-0.1, -0.05) is 42.6 Å². The summed E-state index contributed by atoms with van der Waals surface area (Å²) in [5.74, 6) is 0. The number of hydrogen-bond donors (Lipinski definition) is 2. The molecule has 2 rings (SSSR count). The maximum absolute atomic E-state index is 9.94. The highest BCUT2D eigenvalue weighted by Gasteiger charge is 2.24. The van der Waals surface area contributed by atoms with Crippen LogP contribution in [-0.4, -0.2) is 17.3 Å². The van der Waals surface area contributed by atoms with Crippen molar-refractivity contribution < 1.29 is 5.11 Å². The number of aliphatic hydroxyl groups excluding tert-OH is 1. The van der Waals surface area contributed by atoms with Crippen LogP contribution >= 0.6 is 11.6 Å². The van der Waals surface area contributed by atoms with Crippen molar-refractivity contribution in [1.82, 2.24) is 5.32 Å². The van der Waals surface area contributed by atoms with Crippen LogP contribution in [0.5, 0.6) is 0 Å². The summed E-state index contributed by atoms with van der Waals surface area (Å²) in [5, 5.41) is 14.2. The van der Waals surface area contributed by atoms with Gasteiger partial charge in [0.15, 0.2) is 0 Å². The lowest BCUT2D eigenvalue weighted by atomic mass is 9.91. The molecule has 0 spiro atoms. The topological polar surface area (TPSA) is 32.3 Å². The van der Waals surface area contributed by atoms with Gasteiger partial charge >= 0.3 is 0 Å². The maximum atomic E-state index is 9.94. The lowest BCUT2D eigenvalue weighted by Crippen LogP contribution is -2.43. The number of hydrogen-bond acceptors (Lipinski definition) is 2. The highest BCUT2D eigenvalue weighted by atomic mass is 35.5. The molecule has 1 aromatic carbocycles. The molecule has 2 nitrogen and oxygen atoms in total. The van der Waals surface area contributed by atoms with Gasteiger partial charge in [-0.05, 0) is 31.4 Å². The number of rotatable bonds is 3. The van der Waals surface area contributed by atoms with Crippen molar-refractivity contribution in [3.05, 3.63) is 34.9 Å². The highest BCUT2D eigenvalue weighted by Crippen LogP contribution is 2.25. The van der Waals surface area contributed by atoms with Gasteiger partial charge in [0.2, 0.25) is 0 Å². The SMILES string of the molecule is C[C@@H](N[C@@H]1CCCC[C@H]1O)c1ccccc1Cl. The maximum Gasteiger partial charge on any atom is 0.0693 e. The first-order valence-corrected chi connectivity index (χ1v) is 6.75. The molecule has 2 N–H and O–H groups in total. The second-order valence-electron chi connectivity index (χ2n) is 4.87. The monoisotopic (exact) mass is 253 g/mol. The van der Waals surface area contributed by atoms with Crippen molar-refractivity contribution in [1.29, 1.82) is 0 Å². The van der Waals surface area contributed by atoms with E-state index < -0.39 is 0 Å². The van der Waals surface area contributed by atoms with Crippen LogP contribution in [0.15, 0.2) is 24.3 Å². The molecule has 1 saturated carbocycles. The van der Waals surface area contributed by atoms with E-state index >= 15 is 0 Å². The molecule has 3 atom stereocenters. The van der Waals surface area contributed by atoms with E-state index in [0.717, 1.165) is 29.8 Å². The Kier molecular flexibility index (Phi) is 4.43. The molecule has 1 aliphatic rings. The van der Waals surface area contributed by atoms with Gasteiger partial charge < -0.3 is 10.4 Å². The van der Waals surface area contributed by atoms with Crippen molar-refractivity contribution in [2.24, 2.45) is 0 Å². The third-order valence-corrected chi connectivity index (χ3v) is 3.91. The molecular weight excluding hydrogens is 234 g/mol. The van der Waals surface area contributed by atoms with Crippen LogP contribution in [0.25, 0.3) is 0 Å². The van der Waals surface area contributed by atoms with Crippen LogP contribution in [-0.2, 0) is 0 Å². The molecule has 1 aromatic rings. The third kappa shape index (κ3) is 3.21. The Hall–Kier alpha value is -0.570. The average molecular weight is 254 g/mol. The standard InChI is InChI=1S/C14H20ClNO/c1-10(11-6-2-3-7-12(11)15)16-13-8-4-5-9-14(13)17/h2-3,6-7,10,13-14,16-17H,4-5,8-9H2,1H3/t10-,13-,14-/m1/s1. The fourth-order valence-electron chi connectivity index (χ4n) is 2.54. The van der Waals surface area contributed by atoms with Crippen molar-refractivity contribution in [3.8, 4) is 0 Å². The minimum Gasteiger partial charge on any atom is -0.392 e. The van der Waals surface area contributed by atoms with E-state index in [0.29, 0.717) is 0 Å². The Morgan fingerprint density at radius 1 is 1.29 bits per heavy atom. The third-order valence-electron chi connectivity index (χ3n) is 3.57. The number of nitrogens with one attached hydrogen (secondary N) is 1. The van der Waals surface area contributed by atoms with Gasteiger partial charge in [-0.25, -0.2) is 0 Å². The van der Waals surface area contributed by atoms with Gasteiger partial charge in [0, 0.05) is 17.1 Å². The van der Waals surface area contributed by atoms with Crippen molar-refractivity contribution in [3.63, 3.8) is 0 Å². The average Bonchev–Trinajstić information content (AvgIpc) is 2.32. The van der Waals surface area contributed by atoms with Crippen LogP contribution in [0.1, 0.15) is 44.2 Å². The van der Waals surface area contributed by atoms with Crippen LogP contribution in [0.2, 0.25) is 5.02 Å².